The maximum absolute atomic E-state index is 13.8. The summed E-state index contributed by atoms with van der Waals surface area (Å²) in [6.07, 6.45) is 4.07. The predicted molar refractivity (Wildman–Crippen MR) is 99.8 cm³/mol. The van der Waals surface area contributed by atoms with Gasteiger partial charge in [0.05, 0.1) is 11.2 Å². The van der Waals surface area contributed by atoms with E-state index in [0.717, 1.165) is 42.0 Å². The third-order valence-corrected chi connectivity index (χ3v) is 5.19. The number of rotatable bonds is 2. The van der Waals surface area contributed by atoms with Crippen molar-refractivity contribution in [3.05, 3.63) is 74.6 Å². The van der Waals surface area contributed by atoms with E-state index >= 15 is 0 Å². The predicted octanol–water partition coefficient (Wildman–Crippen LogP) is 3.17. The topological polar surface area (TPSA) is 80.6 Å². The zero-order valence-electron chi connectivity index (χ0n) is 14.6. The van der Waals surface area contributed by atoms with E-state index in [-0.39, 0.29) is 28.2 Å². The second-order valence-electron chi connectivity index (χ2n) is 6.94. The van der Waals surface area contributed by atoms with Crippen LogP contribution in [-0.4, -0.2) is 19.5 Å². The number of hydrogen-bond acceptors (Lipinski definition) is 4. The zero-order chi connectivity index (χ0) is 19.4. The molecular weight excluding hydrogens is 366 g/mol. The zero-order valence-corrected chi connectivity index (χ0v) is 14.6. The highest BCUT2D eigenvalue weighted by molar-refractivity contribution is 5.88. The van der Waals surface area contributed by atoms with E-state index in [1.165, 1.54) is 6.20 Å². The maximum Gasteiger partial charge on any atom is 0.271 e. The van der Waals surface area contributed by atoms with Gasteiger partial charge < -0.3 is 4.98 Å². The Balaban J connectivity index is 1.94. The van der Waals surface area contributed by atoms with Gasteiger partial charge >= 0.3 is 0 Å². The van der Waals surface area contributed by atoms with Gasteiger partial charge in [-0.15, -0.1) is 0 Å². The van der Waals surface area contributed by atoms with Crippen molar-refractivity contribution in [2.75, 3.05) is 0 Å². The summed E-state index contributed by atoms with van der Waals surface area (Å²) in [7, 11) is 0. The van der Waals surface area contributed by atoms with Crippen molar-refractivity contribution in [2.45, 2.75) is 25.2 Å². The van der Waals surface area contributed by atoms with E-state index in [4.69, 9.17) is 0 Å². The number of hydrogen-bond donors (Lipinski definition) is 1. The lowest BCUT2D eigenvalue weighted by Gasteiger charge is -2.27. The SMILES string of the molecule is O=c1c2ncccc2[nH]c2nc(C3CCC3)n(-c3cc(F)cc(F)c3)c(=O)c12. The summed E-state index contributed by atoms with van der Waals surface area (Å²) in [6, 6.07) is 6.21. The molecule has 8 heteroatoms. The number of aromatic amines is 1. The van der Waals surface area contributed by atoms with Gasteiger partial charge in [0.1, 0.15) is 34.0 Å². The van der Waals surface area contributed by atoms with Crippen molar-refractivity contribution in [3.63, 3.8) is 0 Å². The summed E-state index contributed by atoms with van der Waals surface area (Å²) < 4.78 is 28.8. The summed E-state index contributed by atoms with van der Waals surface area (Å²) >= 11 is 0. The summed E-state index contributed by atoms with van der Waals surface area (Å²) in [6.45, 7) is 0. The number of benzene rings is 1. The Morgan fingerprint density at radius 3 is 2.54 bits per heavy atom. The van der Waals surface area contributed by atoms with Gasteiger partial charge in [0, 0.05) is 18.2 Å². The Kier molecular flexibility index (Phi) is 3.61. The summed E-state index contributed by atoms with van der Waals surface area (Å²) in [5.41, 5.74) is -0.466. The molecule has 0 atom stereocenters. The fourth-order valence-electron chi connectivity index (χ4n) is 3.62. The first-order chi connectivity index (χ1) is 13.5. The second kappa shape index (κ2) is 6.05. The largest absolute Gasteiger partial charge is 0.337 e. The van der Waals surface area contributed by atoms with Crippen molar-refractivity contribution in [1.29, 1.82) is 0 Å². The molecule has 28 heavy (non-hydrogen) atoms. The van der Waals surface area contributed by atoms with Crippen LogP contribution in [0.5, 0.6) is 0 Å². The molecule has 0 bridgehead atoms. The Morgan fingerprint density at radius 2 is 1.86 bits per heavy atom. The fourth-order valence-corrected chi connectivity index (χ4v) is 3.62. The van der Waals surface area contributed by atoms with E-state index < -0.39 is 22.6 Å². The van der Waals surface area contributed by atoms with Crippen LogP contribution in [0.1, 0.15) is 31.0 Å². The summed E-state index contributed by atoms with van der Waals surface area (Å²) in [5.74, 6) is -1.24. The molecule has 1 aliphatic rings. The number of pyridine rings is 2. The van der Waals surface area contributed by atoms with Crippen molar-refractivity contribution < 1.29 is 8.78 Å². The summed E-state index contributed by atoms with van der Waals surface area (Å²) in [5, 5.41) is -0.182. The van der Waals surface area contributed by atoms with Crippen LogP contribution in [-0.2, 0) is 0 Å². The van der Waals surface area contributed by atoms with Gasteiger partial charge in [0.25, 0.3) is 5.56 Å². The smallest absolute Gasteiger partial charge is 0.271 e. The third-order valence-electron chi connectivity index (χ3n) is 5.19. The van der Waals surface area contributed by atoms with Crippen LogP contribution in [0.4, 0.5) is 8.78 Å². The molecule has 1 saturated carbocycles. The van der Waals surface area contributed by atoms with E-state index in [9.17, 15) is 18.4 Å². The van der Waals surface area contributed by atoms with Crippen LogP contribution in [0.3, 0.4) is 0 Å². The molecule has 1 N–H and O–H groups in total. The Labute approximate surface area is 156 Å². The standard InChI is InChI=1S/C20H14F2N4O2/c21-11-7-12(22)9-13(8-11)26-19(10-3-1-4-10)25-18-15(20(26)28)17(27)16-14(24-18)5-2-6-23-16/h2,5-10H,1,3-4H2,(H,24,27). The average molecular weight is 380 g/mol. The third kappa shape index (κ3) is 2.45. The first-order valence-corrected chi connectivity index (χ1v) is 8.93. The van der Waals surface area contributed by atoms with E-state index in [2.05, 4.69) is 15.0 Å². The molecule has 1 aromatic carbocycles. The average Bonchev–Trinajstić information content (AvgIpc) is 2.59. The van der Waals surface area contributed by atoms with Crippen molar-refractivity contribution >= 4 is 22.1 Å². The highest BCUT2D eigenvalue weighted by atomic mass is 19.1. The molecule has 6 nitrogen and oxygen atoms in total. The molecular formula is C20H14F2N4O2. The Hall–Kier alpha value is -3.42. The second-order valence-corrected chi connectivity index (χ2v) is 6.94. The minimum absolute atomic E-state index is 0.0133. The number of halogens is 2. The van der Waals surface area contributed by atoms with Gasteiger partial charge in [-0.1, -0.05) is 6.42 Å². The van der Waals surface area contributed by atoms with Crippen LogP contribution in [0, 0.1) is 11.6 Å². The molecule has 3 aromatic heterocycles. The van der Waals surface area contributed by atoms with Crippen molar-refractivity contribution in [3.8, 4) is 5.69 Å². The quantitative estimate of drug-likeness (QED) is 0.542. The molecule has 0 unspecified atom stereocenters. The maximum atomic E-state index is 13.8. The van der Waals surface area contributed by atoms with Crippen LogP contribution in [0.2, 0.25) is 0 Å². The van der Waals surface area contributed by atoms with Gasteiger partial charge in [0.15, 0.2) is 0 Å². The minimum Gasteiger partial charge on any atom is -0.337 e. The molecule has 1 aliphatic carbocycles. The van der Waals surface area contributed by atoms with Crippen LogP contribution in [0.25, 0.3) is 27.8 Å². The van der Waals surface area contributed by atoms with Gasteiger partial charge in [-0.2, -0.15) is 0 Å². The van der Waals surface area contributed by atoms with Crippen LogP contribution in [0.15, 0.2) is 46.1 Å². The van der Waals surface area contributed by atoms with E-state index in [0.29, 0.717) is 11.3 Å². The lowest BCUT2D eigenvalue weighted by molar-refractivity contribution is 0.394. The molecule has 0 aliphatic heterocycles. The first-order valence-electron chi connectivity index (χ1n) is 8.93. The normalized spacial score (nSPS) is 14.5. The van der Waals surface area contributed by atoms with E-state index in [1.807, 2.05) is 0 Å². The molecule has 1 fully saturated rings. The van der Waals surface area contributed by atoms with Gasteiger partial charge in [-0.05, 0) is 37.1 Å². The van der Waals surface area contributed by atoms with Gasteiger partial charge in [0.2, 0.25) is 5.43 Å². The van der Waals surface area contributed by atoms with Gasteiger partial charge in [-0.25, -0.2) is 13.8 Å². The molecule has 3 heterocycles. The number of H-pyrrole nitrogens is 1. The highest BCUT2D eigenvalue weighted by Crippen LogP contribution is 2.36. The fraction of sp³-hybridized carbons (Fsp3) is 0.200. The lowest BCUT2D eigenvalue weighted by atomic mass is 9.84. The first kappa shape index (κ1) is 16.7. The molecule has 140 valence electrons. The monoisotopic (exact) mass is 380 g/mol. The van der Waals surface area contributed by atoms with Crippen LogP contribution < -0.4 is 11.0 Å². The molecule has 0 saturated heterocycles. The number of nitrogens with zero attached hydrogens (tertiary/aromatic N) is 3. The number of aromatic nitrogens is 4. The lowest BCUT2D eigenvalue weighted by Crippen LogP contribution is -2.31. The molecule has 0 spiro atoms. The molecule has 5 rings (SSSR count). The van der Waals surface area contributed by atoms with Gasteiger partial charge in [-0.3, -0.25) is 19.1 Å². The Bertz CT molecular complexity index is 1350. The van der Waals surface area contributed by atoms with Crippen molar-refractivity contribution in [2.24, 2.45) is 0 Å². The Morgan fingerprint density at radius 1 is 1.11 bits per heavy atom. The molecule has 0 amide bonds. The van der Waals surface area contributed by atoms with Crippen molar-refractivity contribution in [1.82, 2.24) is 19.5 Å². The summed E-state index contributed by atoms with van der Waals surface area (Å²) in [4.78, 5) is 37.8. The number of nitrogens with one attached hydrogen (secondary N) is 1. The molecule has 4 aromatic rings. The van der Waals surface area contributed by atoms with E-state index in [1.54, 1.807) is 12.1 Å². The van der Waals surface area contributed by atoms with Crippen LogP contribution >= 0.6 is 0 Å². The molecule has 0 radical (unpaired) electrons. The number of fused-ring (bicyclic) bond motifs is 2. The minimum atomic E-state index is -0.810. The highest BCUT2D eigenvalue weighted by Gasteiger charge is 2.28.